The molecule has 0 amide bonds. The topological polar surface area (TPSA) is 155 Å². The third-order valence-electron chi connectivity index (χ3n) is 3.58. The molecule has 0 bridgehead atoms. The molecular weight excluding hydrogens is 384 g/mol. The number of rotatable bonds is 4. The Morgan fingerprint density at radius 3 is 2.43 bits per heavy atom. The summed E-state index contributed by atoms with van der Waals surface area (Å²) >= 11 is 1.02. The van der Waals surface area contributed by atoms with E-state index in [4.69, 9.17) is 21.0 Å². The molecular formula is C18H18N4O5S. The van der Waals surface area contributed by atoms with E-state index in [-0.39, 0.29) is 22.4 Å². The molecule has 0 aliphatic heterocycles. The van der Waals surface area contributed by atoms with Gasteiger partial charge in [0.1, 0.15) is 11.4 Å². The van der Waals surface area contributed by atoms with Gasteiger partial charge in [-0.2, -0.15) is 0 Å². The van der Waals surface area contributed by atoms with Gasteiger partial charge in [-0.3, -0.25) is 20.3 Å². The lowest BCUT2D eigenvalue weighted by Crippen LogP contribution is -2.07. The van der Waals surface area contributed by atoms with Crippen molar-refractivity contribution >= 4 is 39.5 Å². The van der Waals surface area contributed by atoms with Gasteiger partial charge in [-0.1, -0.05) is 30.0 Å². The molecule has 0 radical (unpaired) electrons. The fourth-order valence-electron chi connectivity index (χ4n) is 2.67. The smallest absolute Gasteiger partial charge is 0.300 e. The molecule has 0 unspecified atom stereocenters. The fourth-order valence-corrected chi connectivity index (χ4v) is 3.22. The molecule has 0 aliphatic carbocycles. The summed E-state index contributed by atoms with van der Waals surface area (Å²) in [5.41, 5.74) is 7.06. The summed E-state index contributed by atoms with van der Waals surface area (Å²) in [7, 11) is 0. The summed E-state index contributed by atoms with van der Waals surface area (Å²) in [4.78, 5) is 20.2. The fraction of sp³-hybridized carbons (Fsp3) is 0.111. The van der Waals surface area contributed by atoms with E-state index >= 15 is 0 Å². The molecule has 9 nitrogen and oxygen atoms in total. The highest BCUT2D eigenvalue weighted by atomic mass is 32.2. The van der Waals surface area contributed by atoms with Gasteiger partial charge < -0.3 is 20.5 Å². The van der Waals surface area contributed by atoms with Crippen molar-refractivity contribution in [1.82, 2.24) is 4.57 Å². The number of fused-ring (bicyclic) bond motifs is 1. The molecule has 0 aliphatic rings. The summed E-state index contributed by atoms with van der Waals surface area (Å²) in [6.07, 6.45) is 0. The van der Waals surface area contributed by atoms with Crippen LogP contribution in [0.1, 0.15) is 12.6 Å². The van der Waals surface area contributed by atoms with E-state index in [0.29, 0.717) is 16.6 Å². The summed E-state index contributed by atoms with van der Waals surface area (Å²) in [5, 5.41) is 36.6. The molecule has 0 spiro atoms. The average Bonchev–Trinajstić information content (AvgIpc) is 2.93. The predicted molar refractivity (Wildman–Crippen MR) is 108 cm³/mol. The van der Waals surface area contributed by atoms with E-state index < -0.39 is 10.9 Å². The number of aliphatic carboxylic acids is 1. The van der Waals surface area contributed by atoms with Crippen LogP contribution in [0.2, 0.25) is 0 Å². The van der Waals surface area contributed by atoms with Gasteiger partial charge in [-0.25, -0.2) is 0 Å². The molecule has 0 saturated carbocycles. The van der Waals surface area contributed by atoms with Crippen LogP contribution < -0.4 is 5.73 Å². The highest BCUT2D eigenvalue weighted by Crippen LogP contribution is 2.38. The van der Waals surface area contributed by atoms with E-state index in [2.05, 4.69) is 0 Å². The molecule has 3 rings (SSSR count). The summed E-state index contributed by atoms with van der Waals surface area (Å²) in [6, 6.07) is 13.6. The van der Waals surface area contributed by atoms with E-state index in [9.17, 15) is 15.2 Å². The van der Waals surface area contributed by atoms with Crippen molar-refractivity contribution in [2.45, 2.75) is 12.7 Å². The SMILES string of the molecule is CC(=O)O.N=C(N)SCc1c([N+](=O)[O-])c2ccc(O)cc2n1-c1ccccc1. The first-order valence-corrected chi connectivity index (χ1v) is 8.93. The van der Waals surface area contributed by atoms with Crippen molar-refractivity contribution in [3.63, 3.8) is 0 Å². The van der Waals surface area contributed by atoms with Crippen LogP contribution in [0.4, 0.5) is 5.69 Å². The van der Waals surface area contributed by atoms with Crippen molar-refractivity contribution in [3.05, 3.63) is 64.3 Å². The van der Waals surface area contributed by atoms with E-state index in [0.717, 1.165) is 24.4 Å². The maximum Gasteiger partial charge on any atom is 0.300 e. The number of aromatic nitrogens is 1. The first kappa shape index (κ1) is 20.8. The van der Waals surface area contributed by atoms with Gasteiger partial charge in [0, 0.05) is 24.4 Å². The third-order valence-corrected chi connectivity index (χ3v) is 4.31. The number of phenolic OH excluding ortho intramolecular Hbond substituents is 1. The maximum absolute atomic E-state index is 11.6. The van der Waals surface area contributed by atoms with Crippen molar-refractivity contribution in [2.75, 3.05) is 0 Å². The van der Waals surface area contributed by atoms with Crippen LogP contribution >= 0.6 is 11.8 Å². The number of aromatic hydroxyl groups is 1. The van der Waals surface area contributed by atoms with E-state index in [1.54, 1.807) is 4.57 Å². The van der Waals surface area contributed by atoms with Crippen LogP contribution in [0.15, 0.2) is 48.5 Å². The molecule has 146 valence electrons. The summed E-state index contributed by atoms with van der Waals surface area (Å²) < 4.78 is 1.73. The van der Waals surface area contributed by atoms with Gasteiger partial charge in [-0.15, -0.1) is 0 Å². The molecule has 10 heteroatoms. The van der Waals surface area contributed by atoms with Crippen molar-refractivity contribution in [2.24, 2.45) is 5.73 Å². The van der Waals surface area contributed by atoms with Crippen molar-refractivity contribution in [3.8, 4) is 11.4 Å². The zero-order chi connectivity index (χ0) is 20.8. The molecule has 3 aromatic rings. The highest BCUT2D eigenvalue weighted by molar-refractivity contribution is 8.13. The maximum atomic E-state index is 11.6. The largest absolute Gasteiger partial charge is 0.508 e. The van der Waals surface area contributed by atoms with Gasteiger partial charge in [0.05, 0.1) is 15.8 Å². The Hall–Kier alpha value is -3.53. The summed E-state index contributed by atoms with van der Waals surface area (Å²) in [5.74, 6) is -0.631. The molecule has 0 saturated heterocycles. The Bertz CT molecular complexity index is 1030. The normalized spacial score (nSPS) is 10.2. The number of benzene rings is 2. The number of hydrogen-bond acceptors (Lipinski definition) is 6. The average molecular weight is 402 g/mol. The number of para-hydroxylation sites is 1. The van der Waals surface area contributed by atoms with E-state index in [1.165, 1.54) is 18.2 Å². The van der Waals surface area contributed by atoms with E-state index in [1.807, 2.05) is 30.3 Å². The third kappa shape index (κ3) is 4.80. The molecule has 0 atom stereocenters. The molecule has 2 aromatic carbocycles. The van der Waals surface area contributed by atoms with Gasteiger partial charge >= 0.3 is 0 Å². The van der Waals surface area contributed by atoms with Crippen LogP contribution in [0.3, 0.4) is 0 Å². The number of carboxylic acid groups (broad SMARTS) is 1. The lowest BCUT2D eigenvalue weighted by atomic mass is 10.2. The Balaban J connectivity index is 0.000000640. The summed E-state index contributed by atoms with van der Waals surface area (Å²) in [6.45, 7) is 1.08. The monoisotopic (exact) mass is 402 g/mol. The van der Waals surface area contributed by atoms with Crippen LogP contribution in [0.25, 0.3) is 16.6 Å². The number of nitrogens with two attached hydrogens (primary N) is 1. The standard InChI is InChI=1S/C16H14N4O3S.C2H4O2/c17-16(18)24-9-14-15(20(22)23)12-7-6-11(21)8-13(12)19(14)10-4-2-1-3-5-10;1-2(3)4/h1-8,21H,9H2,(H3,17,18);1H3,(H,3,4). The number of thioether (sulfide) groups is 1. The Morgan fingerprint density at radius 1 is 1.29 bits per heavy atom. The minimum absolute atomic E-state index is 0.0258. The first-order valence-electron chi connectivity index (χ1n) is 7.94. The van der Waals surface area contributed by atoms with Crippen LogP contribution in [0, 0.1) is 15.5 Å². The second-order valence-electron chi connectivity index (χ2n) is 5.60. The Morgan fingerprint density at radius 2 is 1.89 bits per heavy atom. The van der Waals surface area contributed by atoms with Gasteiger partial charge in [0.15, 0.2) is 5.17 Å². The number of carbonyl (C=O) groups is 1. The lowest BCUT2D eigenvalue weighted by Gasteiger charge is -2.10. The van der Waals surface area contributed by atoms with Crippen LogP contribution in [-0.4, -0.2) is 30.8 Å². The van der Waals surface area contributed by atoms with Crippen molar-refractivity contribution < 1.29 is 19.9 Å². The molecule has 28 heavy (non-hydrogen) atoms. The number of nitrogens with zero attached hydrogens (tertiary/aromatic N) is 2. The number of amidine groups is 1. The number of phenols is 1. The zero-order valence-electron chi connectivity index (χ0n) is 14.8. The minimum Gasteiger partial charge on any atom is -0.508 e. The quantitative estimate of drug-likeness (QED) is 0.225. The first-order chi connectivity index (χ1) is 13.2. The van der Waals surface area contributed by atoms with Gasteiger partial charge in [0.2, 0.25) is 0 Å². The molecule has 1 heterocycles. The number of carboxylic acids is 1. The van der Waals surface area contributed by atoms with Crippen LogP contribution in [0.5, 0.6) is 5.75 Å². The number of nitro groups is 1. The second kappa shape index (κ2) is 8.91. The zero-order valence-corrected chi connectivity index (χ0v) is 15.6. The minimum atomic E-state index is -0.833. The van der Waals surface area contributed by atoms with Gasteiger partial charge in [0.25, 0.3) is 11.7 Å². The number of nitrogens with one attached hydrogen (secondary N) is 1. The predicted octanol–water partition coefficient (Wildman–Crippen LogP) is 3.46. The molecule has 5 N–H and O–H groups in total. The highest BCUT2D eigenvalue weighted by Gasteiger charge is 2.27. The van der Waals surface area contributed by atoms with Crippen LogP contribution in [-0.2, 0) is 10.5 Å². The number of hydrogen-bond donors (Lipinski definition) is 4. The Labute approximate surface area is 164 Å². The van der Waals surface area contributed by atoms with Gasteiger partial charge in [-0.05, 0) is 24.3 Å². The second-order valence-corrected chi connectivity index (χ2v) is 6.61. The molecule has 0 fully saturated rings. The molecule has 1 aromatic heterocycles. The van der Waals surface area contributed by atoms with Crippen molar-refractivity contribution in [1.29, 1.82) is 5.41 Å². The lowest BCUT2D eigenvalue weighted by molar-refractivity contribution is -0.383. The Kier molecular flexibility index (Phi) is 6.61.